The van der Waals surface area contributed by atoms with E-state index >= 15 is 0 Å². The van der Waals surface area contributed by atoms with Gasteiger partial charge in [0.05, 0.1) is 24.0 Å². The van der Waals surface area contributed by atoms with Gasteiger partial charge in [0, 0.05) is 35.7 Å². The van der Waals surface area contributed by atoms with Crippen LogP contribution in [0.1, 0.15) is 61.0 Å². The zero-order valence-electron chi connectivity index (χ0n) is 19.9. The van der Waals surface area contributed by atoms with E-state index in [2.05, 4.69) is 15.0 Å². The summed E-state index contributed by atoms with van der Waals surface area (Å²) < 4.78 is 10.3. The molecular weight excluding hydrogens is 434 g/mol. The molecule has 2 aromatic rings. The largest absolute Gasteiger partial charge is 0.465 e. The Bertz CT molecular complexity index is 1120. The number of ether oxygens (including phenoxy) is 2. The highest BCUT2D eigenvalue weighted by Gasteiger charge is 2.28. The topological polar surface area (TPSA) is 117 Å². The molecule has 1 amide bonds. The summed E-state index contributed by atoms with van der Waals surface area (Å²) in [5.74, 6) is -0.359. The predicted octanol–water partition coefficient (Wildman–Crippen LogP) is 6.28. The van der Waals surface area contributed by atoms with Gasteiger partial charge >= 0.3 is 12.1 Å². The smallest absolute Gasteiger partial charge is 0.410 e. The molecule has 0 saturated carbocycles. The van der Waals surface area contributed by atoms with E-state index < -0.39 is 11.6 Å². The minimum absolute atomic E-state index is 0.168. The lowest BCUT2D eigenvalue weighted by molar-refractivity contribution is 0.0198. The number of likely N-dealkylation sites (tertiary alicyclic amines) is 1. The number of amides is 1. The first-order valence-electron chi connectivity index (χ1n) is 11.1. The van der Waals surface area contributed by atoms with Crippen LogP contribution >= 0.6 is 0 Å². The van der Waals surface area contributed by atoms with Crippen LogP contribution in [0.4, 0.5) is 16.2 Å². The Morgan fingerprint density at radius 3 is 2.56 bits per heavy atom. The summed E-state index contributed by atoms with van der Waals surface area (Å²) in [5.41, 5.74) is 11.1. The van der Waals surface area contributed by atoms with Crippen LogP contribution in [-0.4, -0.2) is 49.0 Å². The molecule has 1 aliphatic heterocycles. The van der Waals surface area contributed by atoms with Gasteiger partial charge < -0.3 is 14.4 Å². The van der Waals surface area contributed by atoms with E-state index in [1.807, 2.05) is 45.0 Å². The Labute approximate surface area is 199 Å². The summed E-state index contributed by atoms with van der Waals surface area (Å²) in [6.07, 6.45) is 3.19. The van der Waals surface area contributed by atoms with E-state index in [1.54, 1.807) is 23.2 Å². The molecule has 0 aromatic heterocycles. The molecule has 1 heterocycles. The molecule has 1 atom stereocenters. The van der Waals surface area contributed by atoms with Gasteiger partial charge in [0.15, 0.2) is 0 Å². The number of rotatable bonds is 5. The van der Waals surface area contributed by atoms with E-state index in [4.69, 9.17) is 15.0 Å². The number of esters is 1. The highest BCUT2D eigenvalue weighted by Crippen LogP contribution is 2.30. The average molecular weight is 464 g/mol. The van der Waals surface area contributed by atoms with E-state index in [9.17, 15) is 9.59 Å². The van der Waals surface area contributed by atoms with Crippen LogP contribution in [0.5, 0.6) is 0 Å². The van der Waals surface area contributed by atoms with Gasteiger partial charge in [-0.2, -0.15) is 0 Å². The SMILES string of the molecule is COC(=O)c1cccc(/C=N/c2ccc([C@@H]3CCCN(C(=O)OC(C)(C)C)C3)cc2)c1N=[N+]=[N-]. The third kappa shape index (κ3) is 6.36. The molecule has 9 heteroatoms. The molecule has 0 bridgehead atoms. The second kappa shape index (κ2) is 10.9. The number of piperidine rings is 1. The van der Waals surface area contributed by atoms with Gasteiger partial charge in [0.25, 0.3) is 0 Å². The molecule has 1 saturated heterocycles. The van der Waals surface area contributed by atoms with E-state index in [0.717, 1.165) is 18.4 Å². The van der Waals surface area contributed by atoms with Crippen molar-refractivity contribution < 1.29 is 19.1 Å². The third-order valence-corrected chi connectivity index (χ3v) is 5.41. The second-order valence-corrected chi connectivity index (χ2v) is 9.04. The fraction of sp³-hybridized carbons (Fsp3) is 0.400. The Morgan fingerprint density at radius 1 is 1.18 bits per heavy atom. The van der Waals surface area contributed by atoms with Gasteiger partial charge in [-0.1, -0.05) is 29.4 Å². The maximum absolute atomic E-state index is 12.4. The van der Waals surface area contributed by atoms with Crippen molar-refractivity contribution in [1.82, 2.24) is 4.90 Å². The monoisotopic (exact) mass is 463 g/mol. The van der Waals surface area contributed by atoms with Crippen molar-refractivity contribution in [3.63, 3.8) is 0 Å². The normalized spacial score (nSPS) is 16.1. The van der Waals surface area contributed by atoms with Crippen molar-refractivity contribution in [2.45, 2.75) is 45.1 Å². The van der Waals surface area contributed by atoms with E-state index in [1.165, 1.54) is 13.2 Å². The first-order chi connectivity index (χ1) is 16.2. The Balaban J connectivity index is 1.74. The third-order valence-electron chi connectivity index (χ3n) is 5.41. The second-order valence-electron chi connectivity index (χ2n) is 9.04. The van der Waals surface area contributed by atoms with Crippen LogP contribution in [0.25, 0.3) is 10.4 Å². The highest BCUT2D eigenvalue weighted by molar-refractivity contribution is 6.00. The van der Waals surface area contributed by atoms with Crippen LogP contribution in [-0.2, 0) is 9.47 Å². The van der Waals surface area contributed by atoms with Gasteiger partial charge in [0.2, 0.25) is 0 Å². The Hall–Kier alpha value is -3.84. The van der Waals surface area contributed by atoms with Gasteiger partial charge in [-0.3, -0.25) is 4.99 Å². The number of nitrogens with zero attached hydrogens (tertiary/aromatic N) is 5. The standard InChI is InChI=1S/C25H29N5O4/c1-25(2,3)34-24(32)30-14-6-8-19(16-30)17-10-12-20(13-11-17)27-15-18-7-5-9-21(23(31)33-4)22(18)28-29-26/h5,7,9-13,15,19H,6,8,14,16H2,1-4H3/b27-15+/t19-/m1/s1. The average Bonchev–Trinajstić information content (AvgIpc) is 2.82. The fourth-order valence-electron chi connectivity index (χ4n) is 3.81. The van der Waals surface area contributed by atoms with Gasteiger partial charge in [-0.25, -0.2) is 9.59 Å². The summed E-state index contributed by atoms with van der Waals surface area (Å²) in [6.45, 7) is 6.92. The van der Waals surface area contributed by atoms with E-state index in [0.29, 0.717) is 24.3 Å². The van der Waals surface area contributed by atoms with Gasteiger partial charge in [-0.15, -0.1) is 0 Å². The van der Waals surface area contributed by atoms with Crippen molar-refractivity contribution >= 4 is 29.7 Å². The van der Waals surface area contributed by atoms with Crippen LogP contribution in [0, 0.1) is 0 Å². The number of methoxy groups -OCH3 is 1. The maximum atomic E-state index is 12.4. The molecule has 9 nitrogen and oxygen atoms in total. The number of carbonyl (C=O) groups is 2. The van der Waals surface area contributed by atoms with Gasteiger partial charge in [0.1, 0.15) is 5.60 Å². The molecule has 0 aliphatic carbocycles. The van der Waals surface area contributed by atoms with Crippen molar-refractivity contribution in [3.05, 3.63) is 69.6 Å². The Kier molecular flexibility index (Phi) is 7.91. The molecule has 34 heavy (non-hydrogen) atoms. The number of hydrogen-bond acceptors (Lipinski definition) is 6. The van der Waals surface area contributed by atoms with E-state index in [-0.39, 0.29) is 23.3 Å². The molecule has 3 rings (SSSR count). The van der Waals surface area contributed by atoms with Crippen LogP contribution < -0.4 is 0 Å². The number of aliphatic imine (C=N–C) groups is 1. The summed E-state index contributed by atoms with van der Waals surface area (Å²) in [4.78, 5) is 33.5. The van der Waals surface area contributed by atoms with Crippen molar-refractivity contribution in [2.75, 3.05) is 20.2 Å². The molecule has 2 aromatic carbocycles. The zero-order valence-corrected chi connectivity index (χ0v) is 19.9. The minimum Gasteiger partial charge on any atom is -0.465 e. The van der Waals surface area contributed by atoms with Gasteiger partial charge in [-0.05, 0) is 62.9 Å². The highest BCUT2D eigenvalue weighted by atomic mass is 16.6. The number of hydrogen-bond donors (Lipinski definition) is 0. The summed E-state index contributed by atoms with van der Waals surface area (Å²) in [6, 6.07) is 12.7. The molecule has 1 aliphatic rings. The molecular formula is C25H29N5O4. The summed E-state index contributed by atoms with van der Waals surface area (Å²) >= 11 is 0. The molecule has 0 radical (unpaired) electrons. The lowest BCUT2D eigenvalue weighted by Gasteiger charge is -2.34. The molecule has 178 valence electrons. The van der Waals surface area contributed by atoms with Crippen LogP contribution in [0.2, 0.25) is 0 Å². The Morgan fingerprint density at radius 2 is 1.91 bits per heavy atom. The lowest BCUT2D eigenvalue weighted by Crippen LogP contribution is -2.42. The van der Waals surface area contributed by atoms with Crippen molar-refractivity contribution in [3.8, 4) is 0 Å². The minimum atomic E-state index is -0.588. The lowest BCUT2D eigenvalue weighted by atomic mass is 9.91. The fourth-order valence-corrected chi connectivity index (χ4v) is 3.81. The summed E-state index contributed by atoms with van der Waals surface area (Å²) in [5, 5.41) is 3.65. The number of carbonyl (C=O) groups excluding carboxylic acids is 2. The quantitative estimate of drug-likeness (QED) is 0.170. The van der Waals surface area contributed by atoms with Crippen molar-refractivity contribution in [2.24, 2.45) is 10.1 Å². The first kappa shape index (κ1) is 24.8. The number of azide groups is 1. The number of benzene rings is 2. The van der Waals surface area contributed by atoms with Crippen LogP contribution in [0.15, 0.2) is 52.6 Å². The van der Waals surface area contributed by atoms with Crippen molar-refractivity contribution in [1.29, 1.82) is 0 Å². The molecule has 0 spiro atoms. The summed E-state index contributed by atoms with van der Waals surface area (Å²) in [7, 11) is 1.27. The van der Waals surface area contributed by atoms with Crippen LogP contribution in [0.3, 0.4) is 0 Å². The predicted molar refractivity (Wildman–Crippen MR) is 130 cm³/mol. The maximum Gasteiger partial charge on any atom is 0.410 e. The molecule has 0 unspecified atom stereocenters. The first-order valence-corrected chi connectivity index (χ1v) is 11.1. The molecule has 0 N–H and O–H groups in total. The molecule has 1 fully saturated rings. The zero-order chi connectivity index (χ0) is 24.7.